The van der Waals surface area contributed by atoms with Gasteiger partial charge in [0.2, 0.25) is 0 Å². The zero-order valence-electron chi connectivity index (χ0n) is 18.2. The Labute approximate surface area is 177 Å². The van der Waals surface area contributed by atoms with Gasteiger partial charge in [-0.15, -0.1) is 0 Å². The molecule has 0 N–H and O–H groups in total. The van der Waals surface area contributed by atoms with E-state index in [0.29, 0.717) is 31.1 Å². The molecule has 5 aliphatic rings. The fourth-order valence-corrected chi connectivity index (χ4v) is 6.64. The fraction of sp³-hybridized carbons (Fsp3) is 0.957. The van der Waals surface area contributed by atoms with Gasteiger partial charge in [-0.05, 0) is 70.1 Å². The summed E-state index contributed by atoms with van der Waals surface area (Å²) in [6.07, 6.45) is 5.70. The van der Waals surface area contributed by atoms with Crippen LogP contribution in [0.1, 0.15) is 90.9 Å². The molecule has 0 aromatic rings. The second-order valence-electron chi connectivity index (χ2n) is 10.6. The van der Waals surface area contributed by atoms with Crippen molar-refractivity contribution in [3.8, 4) is 0 Å². The summed E-state index contributed by atoms with van der Waals surface area (Å²) in [6, 6.07) is 0. The number of carbonyl (C=O) groups is 1. The normalized spacial score (nSPS) is 38.4. The highest BCUT2D eigenvalue weighted by atomic mass is 19.4. The molecular weight excluding hydrogens is 397 g/mol. The number of halogens is 3. The molecule has 0 aromatic heterocycles. The Morgan fingerprint density at radius 2 is 1.60 bits per heavy atom. The minimum Gasteiger partial charge on any atom is -0.458 e. The number of carbonyl (C=O) groups excluding carboxylic acids is 1. The SMILES string of the molecule is CCC(C)(C(=O)OC12CC3CC(CC(OCOC4CCCCC4)(C3)C1)C2)C(F)(F)F. The highest BCUT2D eigenvalue weighted by Gasteiger charge is 2.63. The lowest BCUT2D eigenvalue weighted by Gasteiger charge is -2.60. The van der Waals surface area contributed by atoms with Gasteiger partial charge in [0.15, 0.2) is 5.41 Å². The number of alkyl halides is 3. The lowest BCUT2D eigenvalue weighted by Crippen LogP contribution is -2.62. The molecule has 5 aliphatic carbocycles. The van der Waals surface area contributed by atoms with E-state index in [1.807, 2.05) is 0 Å². The van der Waals surface area contributed by atoms with Crippen LogP contribution in [0.15, 0.2) is 0 Å². The Morgan fingerprint density at radius 3 is 2.17 bits per heavy atom. The highest BCUT2D eigenvalue weighted by molar-refractivity contribution is 5.78. The minimum absolute atomic E-state index is 0.226. The van der Waals surface area contributed by atoms with Crippen LogP contribution in [0.25, 0.3) is 0 Å². The zero-order valence-corrected chi connectivity index (χ0v) is 18.2. The quantitative estimate of drug-likeness (QED) is 0.370. The van der Waals surface area contributed by atoms with Gasteiger partial charge in [-0.1, -0.05) is 26.2 Å². The van der Waals surface area contributed by atoms with E-state index in [9.17, 15) is 18.0 Å². The summed E-state index contributed by atoms with van der Waals surface area (Å²) in [6.45, 7) is 2.57. The van der Waals surface area contributed by atoms with Crippen LogP contribution in [0.4, 0.5) is 13.2 Å². The van der Waals surface area contributed by atoms with Crippen molar-refractivity contribution in [3.05, 3.63) is 0 Å². The van der Waals surface area contributed by atoms with Crippen LogP contribution in [0, 0.1) is 17.3 Å². The maximum atomic E-state index is 13.6. The van der Waals surface area contributed by atoms with Crippen molar-refractivity contribution in [2.24, 2.45) is 17.3 Å². The lowest BCUT2D eigenvalue weighted by atomic mass is 9.52. The molecule has 5 fully saturated rings. The average molecular weight is 433 g/mol. The van der Waals surface area contributed by atoms with Gasteiger partial charge in [0, 0.05) is 6.42 Å². The molecule has 172 valence electrons. The largest absolute Gasteiger partial charge is 0.458 e. The first kappa shape index (κ1) is 22.4. The zero-order chi connectivity index (χ0) is 21.6. The van der Waals surface area contributed by atoms with Crippen molar-refractivity contribution in [1.82, 2.24) is 0 Å². The smallest absolute Gasteiger partial charge is 0.404 e. The fourth-order valence-electron chi connectivity index (χ4n) is 6.64. The molecule has 0 saturated heterocycles. The first-order valence-corrected chi connectivity index (χ1v) is 11.6. The Balaban J connectivity index is 1.43. The van der Waals surface area contributed by atoms with E-state index >= 15 is 0 Å². The number of hydrogen-bond acceptors (Lipinski definition) is 4. The van der Waals surface area contributed by atoms with Crippen LogP contribution in [0.3, 0.4) is 0 Å². The number of rotatable bonds is 7. The van der Waals surface area contributed by atoms with E-state index in [1.165, 1.54) is 26.2 Å². The summed E-state index contributed by atoms with van der Waals surface area (Å²) in [5, 5.41) is 0. The van der Waals surface area contributed by atoms with Crippen LogP contribution in [0.5, 0.6) is 0 Å². The molecule has 5 rings (SSSR count). The Hall–Kier alpha value is -0.820. The predicted molar refractivity (Wildman–Crippen MR) is 105 cm³/mol. The molecule has 3 unspecified atom stereocenters. The van der Waals surface area contributed by atoms with Crippen LogP contribution >= 0.6 is 0 Å². The molecule has 0 spiro atoms. The Kier molecular flexibility index (Phi) is 5.93. The highest BCUT2D eigenvalue weighted by Crippen LogP contribution is 2.61. The number of ether oxygens (including phenoxy) is 3. The van der Waals surface area contributed by atoms with Crippen LogP contribution in [-0.4, -0.2) is 36.2 Å². The average Bonchev–Trinajstić information content (AvgIpc) is 2.65. The number of esters is 1. The summed E-state index contributed by atoms with van der Waals surface area (Å²) < 4.78 is 58.8. The van der Waals surface area contributed by atoms with Gasteiger partial charge in [0.1, 0.15) is 12.4 Å². The van der Waals surface area contributed by atoms with Crippen LogP contribution in [0.2, 0.25) is 0 Å². The van der Waals surface area contributed by atoms with Crippen LogP contribution < -0.4 is 0 Å². The van der Waals surface area contributed by atoms with Crippen molar-refractivity contribution in [2.75, 3.05) is 6.79 Å². The first-order valence-electron chi connectivity index (χ1n) is 11.6. The van der Waals surface area contributed by atoms with Gasteiger partial charge < -0.3 is 14.2 Å². The summed E-state index contributed by atoms with van der Waals surface area (Å²) in [5.41, 5.74) is -3.72. The molecular formula is C23H35F3O4. The van der Waals surface area contributed by atoms with E-state index < -0.39 is 28.8 Å². The molecule has 0 aromatic carbocycles. The maximum absolute atomic E-state index is 13.6. The minimum atomic E-state index is -4.62. The summed E-state index contributed by atoms with van der Waals surface area (Å²) in [4.78, 5) is 12.7. The molecule has 0 heterocycles. The van der Waals surface area contributed by atoms with Crippen molar-refractivity contribution in [2.45, 2.75) is 114 Å². The van der Waals surface area contributed by atoms with Gasteiger partial charge in [0.05, 0.1) is 11.7 Å². The van der Waals surface area contributed by atoms with E-state index in [0.717, 1.165) is 39.0 Å². The maximum Gasteiger partial charge on any atom is 0.404 e. The van der Waals surface area contributed by atoms with Crippen LogP contribution in [-0.2, 0) is 19.0 Å². The number of hydrogen-bond donors (Lipinski definition) is 0. The van der Waals surface area contributed by atoms with Gasteiger partial charge in [0.25, 0.3) is 0 Å². The molecule has 4 bridgehead atoms. The summed E-state index contributed by atoms with van der Waals surface area (Å²) >= 11 is 0. The topological polar surface area (TPSA) is 44.8 Å². The predicted octanol–water partition coefficient (Wildman–Crippen LogP) is 5.92. The molecule has 7 heteroatoms. The third-order valence-electron chi connectivity index (χ3n) is 8.27. The summed E-state index contributed by atoms with van der Waals surface area (Å²) in [7, 11) is 0. The third kappa shape index (κ3) is 4.13. The van der Waals surface area contributed by atoms with Gasteiger partial charge in [-0.3, -0.25) is 4.79 Å². The standard InChI is InChI=1S/C23H35F3O4/c1-3-20(2,23(24,25)26)19(27)30-22-12-16-9-17(13-22)11-21(10-16,14-22)29-15-28-18-7-5-4-6-8-18/h16-18H,3-15H2,1-2H3. The van der Waals surface area contributed by atoms with E-state index in [2.05, 4.69) is 0 Å². The van der Waals surface area contributed by atoms with E-state index in [4.69, 9.17) is 14.2 Å². The third-order valence-corrected chi connectivity index (χ3v) is 8.27. The second-order valence-corrected chi connectivity index (χ2v) is 10.6. The monoisotopic (exact) mass is 432 g/mol. The Morgan fingerprint density at radius 1 is 1.00 bits per heavy atom. The Bertz CT molecular complexity index is 629. The van der Waals surface area contributed by atoms with Gasteiger partial charge in [-0.2, -0.15) is 13.2 Å². The second kappa shape index (κ2) is 7.95. The molecule has 0 amide bonds. The van der Waals surface area contributed by atoms with E-state index in [1.54, 1.807) is 0 Å². The van der Waals surface area contributed by atoms with E-state index in [-0.39, 0.29) is 19.3 Å². The van der Waals surface area contributed by atoms with Crippen molar-refractivity contribution < 1.29 is 32.2 Å². The lowest BCUT2D eigenvalue weighted by molar-refractivity contribution is -0.273. The molecule has 5 saturated carbocycles. The van der Waals surface area contributed by atoms with Crippen molar-refractivity contribution >= 4 is 5.97 Å². The van der Waals surface area contributed by atoms with Crippen molar-refractivity contribution in [3.63, 3.8) is 0 Å². The van der Waals surface area contributed by atoms with Gasteiger partial charge >= 0.3 is 12.1 Å². The molecule has 30 heavy (non-hydrogen) atoms. The molecule has 4 nitrogen and oxygen atoms in total. The summed E-state index contributed by atoms with van der Waals surface area (Å²) in [5.74, 6) is -0.451. The molecule has 0 radical (unpaired) electrons. The molecule has 0 aliphatic heterocycles. The molecule has 3 atom stereocenters. The first-order chi connectivity index (χ1) is 14.1. The van der Waals surface area contributed by atoms with Crippen molar-refractivity contribution in [1.29, 1.82) is 0 Å². The van der Waals surface area contributed by atoms with Gasteiger partial charge in [-0.25, -0.2) is 0 Å².